The number of amides is 1. The van der Waals surface area contributed by atoms with Gasteiger partial charge in [0.25, 0.3) is 5.91 Å². The second kappa shape index (κ2) is 7.24. The topological polar surface area (TPSA) is 41.6 Å². The molecule has 0 radical (unpaired) electrons. The molecule has 4 heteroatoms. The minimum absolute atomic E-state index is 0.0716. The van der Waals surface area contributed by atoms with Crippen molar-refractivity contribution in [3.8, 4) is 0 Å². The van der Waals surface area contributed by atoms with Crippen LogP contribution in [0.5, 0.6) is 0 Å². The molecule has 0 bridgehead atoms. The van der Waals surface area contributed by atoms with Crippen LogP contribution >= 0.6 is 0 Å². The molecule has 0 spiro atoms. The number of nitrogens with zero attached hydrogens (tertiary/aromatic N) is 1. The summed E-state index contributed by atoms with van der Waals surface area (Å²) in [6.45, 7) is 14.6. The van der Waals surface area contributed by atoms with Gasteiger partial charge in [0.2, 0.25) is 0 Å². The first-order valence-corrected chi connectivity index (χ1v) is 8.84. The first-order valence-electron chi connectivity index (χ1n) is 8.84. The normalized spacial score (nSPS) is 18.9. The predicted molar refractivity (Wildman–Crippen MR) is 98.2 cm³/mol. The first-order chi connectivity index (χ1) is 11.1. The molecule has 0 aliphatic carbocycles. The van der Waals surface area contributed by atoms with Gasteiger partial charge in [0.15, 0.2) is 0 Å². The fourth-order valence-corrected chi connectivity index (χ4v) is 2.99. The molecule has 2 rings (SSSR count). The van der Waals surface area contributed by atoms with Crippen molar-refractivity contribution in [2.24, 2.45) is 0 Å². The molecular weight excluding hydrogens is 300 g/mol. The third-order valence-corrected chi connectivity index (χ3v) is 4.02. The smallest absolute Gasteiger partial charge is 0.254 e. The Labute approximate surface area is 146 Å². The van der Waals surface area contributed by atoms with Gasteiger partial charge in [-0.2, -0.15) is 0 Å². The standard InChI is InChI=1S/C20H32N2O2/c1-19(2,3)21-16-11-12-22(13-16)18(23)17-10-8-7-9-15(17)14-24-20(4,5)6/h7-10,16,21H,11-14H2,1-6H3/t16-/m1/s1. The summed E-state index contributed by atoms with van der Waals surface area (Å²) in [5.74, 6) is 0.112. The van der Waals surface area contributed by atoms with E-state index in [-0.39, 0.29) is 17.0 Å². The summed E-state index contributed by atoms with van der Waals surface area (Å²) in [6, 6.07) is 8.15. The maximum absolute atomic E-state index is 12.9. The third kappa shape index (κ3) is 5.60. The summed E-state index contributed by atoms with van der Waals surface area (Å²) >= 11 is 0. The number of rotatable bonds is 4. The summed E-state index contributed by atoms with van der Waals surface area (Å²) in [7, 11) is 0. The minimum Gasteiger partial charge on any atom is -0.371 e. The van der Waals surface area contributed by atoms with E-state index < -0.39 is 0 Å². The Hall–Kier alpha value is -1.39. The quantitative estimate of drug-likeness (QED) is 0.916. The van der Waals surface area contributed by atoms with Gasteiger partial charge in [-0.1, -0.05) is 18.2 Å². The molecule has 1 heterocycles. The van der Waals surface area contributed by atoms with E-state index in [0.29, 0.717) is 12.6 Å². The molecule has 24 heavy (non-hydrogen) atoms. The zero-order valence-electron chi connectivity index (χ0n) is 16.0. The SMILES string of the molecule is CC(C)(C)N[C@@H]1CCN(C(=O)c2ccccc2COC(C)(C)C)C1. The van der Waals surface area contributed by atoms with Crippen LogP contribution in [-0.2, 0) is 11.3 Å². The van der Waals surface area contributed by atoms with Crippen molar-refractivity contribution < 1.29 is 9.53 Å². The van der Waals surface area contributed by atoms with Crippen LogP contribution in [0.15, 0.2) is 24.3 Å². The van der Waals surface area contributed by atoms with Crippen LogP contribution in [0.25, 0.3) is 0 Å². The molecular formula is C20H32N2O2. The van der Waals surface area contributed by atoms with Crippen molar-refractivity contribution in [2.75, 3.05) is 13.1 Å². The highest BCUT2D eigenvalue weighted by Gasteiger charge is 2.30. The van der Waals surface area contributed by atoms with Crippen molar-refractivity contribution in [3.63, 3.8) is 0 Å². The zero-order chi connectivity index (χ0) is 18.0. The van der Waals surface area contributed by atoms with Crippen molar-refractivity contribution in [3.05, 3.63) is 35.4 Å². The van der Waals surface area contributed by atoms with E-state index in [0.717, 1.165) is 30.6 Å². The van der Waals surface area contributed by atoms with E-state index >= 15 is 0 Å². The average molecular weight is 332 g/mol. The second-order valence-corrected chi connectivity index (χ2v) is 8.69. The van der Waals surface area contributed by atoms with Gasteiger partial charge in [0.05, 0.1) is 12.2 Å². The highest BCUT2D eigenvalue weighted by Crippen LogP contribution is 2.20. The summed E-state index contributed by atoms with van der Waals surface area (Å²) < 4.78 is 5.87. The number of hydrogen-bond donors (Lipinski definition) is 1. The molecule has 1 atom stereocenters. The molecule has 0 aromatic heterocycles. The van der Waals surface area contributed by atoms with Gasteiger partial charge in [0.1, 0.15) is 0 Å². The molecule has 4 nitrogen and oxygen atoms in total. The Balaban J connectivity index is 2.05. The van der Waals surface area contributed by atoms with Crippen LogP contribution in [-0.4, -0.2) is 41.1 Å². The van der Waals surface area contributed by atoms with Crippen molar-refractivity contribution in [1.82, 2.24) is 10.2 Å². The summed E-state index contributed by atoms with van der Waals surface area (Å²) in [5.41, 5.74) is 1.58. The van der Waals surface area contributed by atoms with Gasteiger partial charge in [-0.05, 0) is 59.6 Å². The van der Waals surface area contributed by atoms with Crippen LogP contribution in [0.4, 0.5) is 0 Å². The number of nitrogens with one attached hydrogen (secondary N) is 1. The molecule has 134 valence electrons. The number of carbonyl (C=O) groups excluding carboxylic acids is 1. The molecule has 1 N–H and O–H groups in total. The Morgan fingerprint density at radius 1 is 1.21 bits per heavy atom. The van der Waals surface area contributed by atoms with E-state index in [1.165, 1.54) is 0 Å². The monoisotopic (exact) mass is 332 g/mol. The predicted octanol–water partition coefficient (Wildman–Crippen LogP) is 3.60. The van der Waals surface area contributed by atoms with Crippen molar-refractivity contribution in [2.45, 2.75) is 71.8 Å². The molecule has 1 aliphatic heterocycles. The summed E-state index contributed by atoms with van der Waals surface area (Å²) in [4.78, 5) is 14.9. The molecule has 0 unspecified atom stereocenters. The molecule has 1 fully saturated rings. The van der Waals surface area contributed by atoms with Crippen LogP contribution in [0, 0.1) is 0 Å². The van der Waals surface area contributed by atoms with E-state index in [1.807, 2.05) is 49.9 Å². The Morgan fingerprint density at radius 2 is 1.88 bits per heavy atom. The largest absolute Gasteiger partial charge is 0.371 e. The van der Waals surface area contributed by atoms with Crippen molar-refractivity contribution in [1.29, 1.82) is 0 Å². The molecule has 1 aromatic carbocycles. The van der Waals surface area contributed by atoms with E-state index in [2.05, 4.69) is 26.1 Å². The van der Waals surface area contributed by atoms with E-state index in [4.69, 9.17) is 4.74 Å². The van der Waals surface area contributed by atoms with Gasteiger partial charge in [-0.25, -0.2) is 0 Å². The molecule has 1 amide bonds. The van der Waals surface area contributed by atoms with Crippen LogP contribution in [0.3, 0.4) is 0 Å². The average Bonchev–Trinajstić information content (AvgIpc) is 2.90. The van der Waals surface area contributed by atoms with Gasteiger partial charge in [0, 0.05) is 30.2 Å². The number of ether oxygens (including phenoxy) is 1. The Bertz CT molecular complexity index is 570. The number of carbonyl (C=O) groups is 1. The second-order valence-electron chi connectivity index (χ2n) is 8.69. The fourth-order valence-electron chi connectivity index (χ4n) is 2.99. The molecule has 0 saturated carbocycles. The minimum atomic E-state index is -0.217. The lowest BCUT2D eigenvalue weighted by Gasteiger charge is -2.26. The van der Waals surface area contributed by atoms with Crippen LogP contribution in [0.1, 0.15) is 63.9 Å². The summed E-state index contributed by atoms with van der Waals surface area (Å²) in [6.07, 6.45) is 1.00. The van der Waals surface area contributed by atoms with Crippen molar-refractivity contribution >= 4 is 5.91 Å². The summed E-state index contributed by atoms with van der Waals surface area (Å²) in [5, 5.41) is 3.60. The zero-order valence-corrected chi connectivity index (χ0v) is 16.0. The highest BCUT2D eigenvalue weighted by molar-refractivity contribution is 5.95. The van der Waals surface area contributed by atoms with Crippen LogP contribution in [0.2, 0.25) is 0 Å². The first kappa shape index (κ1) is 18.9. The van der Waals surface area contributed by atoms with Crippen LogP contribution < -0.4 is 5.32 Å². The van der Waals surface area contributed by atoms with Gasteiger partial charge >= 0.3 is 0 Å². The maximum atomic E-state index is 12.9. The lowest BCUT2D eigenvalue weighted by atomic mass is 10.1. The molecule has 1 saturated heterocycles. The van der Waals surface area contributed by atoms with Gasteiger partial charge in [-0.3, -0.25) is 4.79 Å². The maximum Gasteiger partial charge on any atom is 0.254 e. The Kier molecular flexibility index (Phi) is 5.71. The van der Waals surface area contributed by atoms with E-state index in [9.17, 15) is 4.79 Å². The molecule has 1 aromatic rings. The number of hydrogen-bond acceptors (Lipinski definition) is 3. The third-order valence-electron chi connectivity index (χ3n) is 4.02. The van der Waals surface area contributed by atoms with E-state index in [1.54, 1.807) is 0 Å². The lowest BCUT2D eigenvalue weighted by molar-refractivity contribution is -0.0153. The lowest BCUT2D eigenvalue weighted by Crippen LogP contribution is -2.45. The highest BCUT2D eigenvalue weighted by atomic mass is 16.5. The van der Waals surface area contributed by atoms with Gasteiger partial charge < -0.3 is 15.0 Å². The fraction of sp³-hybridized carbons (Fsp3) is 0.650. The number of benzene rings is 1. The number of likely N-dealkylation sites (tertiary alicyclic amines) is 1. The van der Waals surface area contributed by atoms with Gasteiger partial charge in [-0.15, -0.1) is 0 Å². The molecule has 1 aliphatic rings. The Morgan fingerprint density at radius 3 is 2.50 bits per heavy atom.